The summed E-state index contributed by atoms with van der Waals surface area (Å²) >= 11 is 0. The number of para-hydroxylation sites is 1. The lowest BCUT2D eigenvalue weighted by atomic mass is 10.0. The average molecular weight is 417 g/mol. The SMILES string of the molecule is O=C(COc1ccccc1)N[C@H](Cc1ccccc1)C(=O)C(=O)NCc1ccccn1. The highest BCUT2D eigenvalue weighted by Gasteiger charge is 2.27. The Kier molecular flexibility index (Phi) is 7.88. The van der Waals surface area contributed by atoms with Gasteiger partial charge in [0.15, 0.2) is 6.61 Å². The number of hydrogen-bond acceptors (Lipinski definition) is 5. The van der Waals surface area contributed by atoms with Gasteiger partial charge in [0.25, 0.3) is 11.8 Å². The number of ether oxygens (including phenoxy) is 1. The minimum absolute atomic E-state index is 0.120. The van der Waals surface area contributed by atoms with Crippen LogP contribution < -0.4 is 15.4 Å². The quantitative estimate of drug-likeness (QED) is 0.492. The molecule has 0 bridgehead atoms. The van der Waals surface area contributed by atoms with Gasteiger partial charge in [0, 0.05) is 12.6 Å². The van der Waals surface area contributed by atoms with E-state index in [9.17, 15) is 14.4 Å². The zero-order valence-electron chi connectivity index (χ0n) is 16.9. The molecule has 1 heterocycles. The molecule has 0 unspecified atom stereocenters. The maximum absolute atomic E-state index is 12.8. The monoisotopic (exact) mass is 417 g/mol. The van der Waals surface area contributed by atoms with Crippen molar-refractivity contribution < 1.29 is 19.1 Å². The topological polar surface area (TPSA) is 97.4 Å². The Labute approximate surface area is 180 Å². The molecule has 0 aliphatic heterocycles. The largest absolute Gasteiger partial charge is 0.484 e. The van der Waals surface area contributed by atoms with Crippen LogP contribution in [0.4, 0.5) is 0 Å². The summed E-state index contributed by atoms with van der Waals surface area (Å²) in [5.74, 6) is -1.46. The smallest absolute Gasteiger partial charge is 0.289 e. The van der Waals surface area contributed by atoms with E-state index in [1.165, 1.54) is 0 Å². The van der Waals surface area contributed by atoms with Crippen LogP contribution in [0.3, 0.4) is 0 Å². The number of carbonyl (C=O) groups excluding carboxylic acids is 3. The van der Waals surface area contributed by atoms with Crippen LogP contribution in [0.2, 0.25) is 0 Å². The molecule has 2 amide bonds. The van der Waals surface area contributed by atoms with E-state index in [0.29, 0.717) is 11.4 Å². The van der Waals surface area contributed by atoms with Gasteiger partial charge in [-0.3, -0.25) is 19.4 Å². The number of hydrogen-bond donors (Lipinski definition) is 2. The lowest BCUT2D eigenvalue weighted by molar-refractivity contribution is -0.140. The summed E-state index contributed by atoms with van der Waals surface area (Å²) in [5.41, 5.74) is 1.45. The number of aromatic nitrogens is 1. The summed E-state index contributed by atoms with van der Waals surface area (Å²) < 4.78 is 5.43. The molecule has 7 nitrogen and oxygen atoms in total. The van der Waals surface area contributed by atoms with Crippen molar-refractivity contribution in [1.82, 2.24) is 15.6 Å². The Bertz CT molecular complexity index is 995. The van der Waals surface area contributed by atoms with Crippen LogP contribution in [0.5, 0.6) is 5.75 Å². The maximum Gasteiger partial charge on any atom is 0.289 e. The van der Waals surface area contributed by atoms with E-state index in [0.717, 1.165) is 5.56 Å². The van der Waals surface area contributed by atoms with E-state index in [2.05, 4.69) is 15.6 Å². The van der Waals surface area contributed by atoms with Crippen molar-refractivity contribution >= 4 is 17.6 Å². The van der Waals surface area contributed by atoms with Gasteiger partial charge in [0.05, 0.1) is 12.2 Å². The number of amides is 2. The van der Waals surface area contributed by atoms with Crippen molar-refractivity contribution in [3.63, 3.8) is 0 Å². The van der Waals surface area contributed by atoms with Gasteiger partial charge in [0.2, 0.25) is 5.78 Å². The standard InChI is InChI=1S/C24H23N3O4/c28-22(17-31-20-12-5-2-6-13-20)27-21(15-18-9-3-1-4-10-18)23(29)24(30)26-16-19-11-7-8-14-25-19/h1-14,21H,15-17H2,(H,26,30)(H,27,28)/t21-/m1/s1. The van der Waals surface area contributed by atoms with E-state index >= 15 is 0 Å². The van der Waals surface area contributed by atoms with Crippen LogP contribution in [-0.2, 0) is 27.3 Å². The van der Waals surface area contributed by atoms with E-state index in [-0.39, 0.29) is 19.6 Å². The normalized spacial score (nSPS) is 11.2. The molecule has 2 N–H and O–H groups in total. The highest BCUT2D eigenvalue weighted by Crippen LogP contribution is 2.08. The van der Waals surface area contributed by atoms with Crippen molar-refractivity contribution in [2.75, 3.05) is 6.61 Å². The molecule has 2 aromatic carbocycles. The fourth-order valence-corrected chi connectivity index (χ4v) is 2.88. The zero-order valence-corrected chi connectivity index (χ0v) is 16.9. The molecular formula is C24H23N3O4. The molecule has 3 aromatic rings. The summed E-state index contributed by atoms with van der Waals surface area (Å²) in [6.45, 7) is -0.146. The number of nitrogens with one attached hydrogen (secondary N) is 2. The molecule has 31 heavy (non-hydrogen) atoms. The number of Topliss-reactive ketones (excluding diaryl/α,β-unsaturated/α-hetero) is 1. The predicted molar refractivity (Wildman–Crippen MR) is 115 cm³/mol. The molecule has 0 spiro atoms. The lowest BCUT2D eigenvalue weighted by Gasteiger charge is -2.18. The third-order valence-electron chi connectivity index (χ3n) is 4.43. The average Bonchev–Trinajstić information content (AvgIpc) is 2.82. The minimum atomic E-state index is -1.02. The van der Waals surface area contributed by atoms with Crippen molar-refractivity contribution in [2.24, 2.45) is 0 Å². The van der Waals surface area contributed by atoms with Gasteiger partial charge >= 0.3 is 0 Å². The van der Waals surface area contributed by atoms with E-state index < -0.39 is 23.6 Å². The molecule has 0 saturated heterocycles. The first-order chi connectivity index (χ1) is 15.1. The van der Waals surface area contributed by atoms with Crippen molar-refractivity contribution in [3.05, 3.63) is 96.3 Å². The van der Waals surface area contributed by atoms with Crippen LogP contribution in [0.15, 0.2) is 85.1 Å². The number of nitrogens with zero attached hydrogens (tertiary/aromatic N) is 1. The first-order valence-electron chi connectivity index (χ1n) is 9.85. The molecule has 158 valence electrons. The second-order valence-electron chi connectivity index (χ2n) is 6.78. The fourth-order valence-electron chi connectivity index (χ4n) is 2.88. The first-order valence-corrected chi connectivity index (χ1v) is 9.85. The fraction of sp³-hybridized carbons (Fsp3) is 0.167. The number of pyridine rings is 1. The van der Waals surface area contributed by atoms with Crippen LogP contribution in [-0.4, -0.2) is 35.2 Å². The summed E-state index contributed by atoms with van der Waals surface area (Å²) in [7, 11) is 0. The van der Waals surface area contributed by atoms with Crippen LogP contribution in [0.1, 0.15) is 11.3 Å². The molecular weight excluding hydrogens is 394 g/mol. The van der Waals surface area contributed by atoms with Crippen molar-refractivity contribution in [3.8, 4) is 5.75 Å². The second kappa shape index (κ2) is 11.3. The Balaban J connectivity index is 1.62. The molecule has 1 aromatic heterocycles. The van der Waals surface area contributed by atoms with Gasteiger partial charge in [-0.05, 0) is 29.8 Å². The van der Waals surface area contributed by atoms with Crippen LogP contribution >= 0.6 is 0 Å². The molecule has 0 fully saturated rings. The van der Waals surface area contributed by atoms with Crippen LogP contribution in [0.25, 0.3) is 0 Å². The molecule has 0 radical (unpaired) electrons. The Morgan fingerprint density at radius 3 is 2.23 bits per heavy atom. The molecule has 0 saturated carbocycles. The third kappa shape index (κ3) is 7.08. The summed E-state index contributed by atoms with van der Waals surface area (Å²) in [6.07, 6.45) is 1.79. The number of carbonyl (C=O) groups is 3. The van der Waals surface area contributed by atoms with E-state index in [1.54, 1.807) is 48.7 Å². The minimum Gasteiger partial charge on any atom is -0.484 e. The summed E-state index contributed by atoms with van der Waals surface area (Å²) in [5, 5.41) is 5.19. The third-order valence-corrected chi connectivity index (χ3v) is 4.43. The Morgan fingerprint density at radius 1 is 0.871 bits per heavy atom. The number of rotatable bonds is 10. The maximum atomic E-state index is 12.8. The first kappa shape index (κ1) is 21.7. The Hall–Kier alpha value is -4.00. The highest BCUT2D eigenvalue weighted by atomic mass is 16.5. The number of benzene rings is 2. The molecule has 1 atom stereocenters. The second-order valence-corrected chi connectivity index (χ2v) is 6.78. The van der Waals surface area contributed by atoms with E-state index in [4.69, 9.17) is 4.74 Å². The molecule has 3 rings (SSSR count). The van der Waals surface area contributed by atoms with Gasteiger partial charge in [-0.2, -0.15) is 0 Å². The van der Waals surface area contributed by atoms with Gasteiger partial charge in [0.1, 0.15) is 11.8 Å². The molecule has 0 aliphatic carbocycles. The number of ketones is 1. The van der Waals surface area contributed by atoms with Gasteiger partial charge in [-0.1, -0.05) is 54.6 Å². The van der Waals surface area contributed by atoms with Gasteiger partial charge in [-0.15, -0.1) is 0 Å². The molecule has 0 aliphatic rings. The van der Waals surface area contributed by atoms with Crippen molar-refractivity contribution in [1.29, 1.82) is 0 Å². The summed E-state index contributed by atoms with van der Waals surface area (Å²) in [6, 6.07) is 22.3. The Morgan fingerprint density at radius 2 is 1.55 bits per heavy atom. The highest BCUT2D eigenvalue weighted by molar-refractivity contribution is 6.38. The van der Waals surface area contributed by atoms with Crippen molar-refractivity contribution in [2.45, 2.75) is 19.0 Å². The van der Waals surface area contributed by atoms with Gasteiger partial charge < -0.3 is 15.4 Å². The summed E-state index contributed by atoms with van der Waals surface area (Å²) in [4.78, 5) is 41.7. The van der Waals surface area contributed by atoms with Crippen LogP contribution in [0, 0.1) is 0 Å². The zero-order chi connectivity index (χ0) is 21.9. The van der Waals surface area contributed by atoms with Gasteiger partial charge in [-0.25, -0.2) is 0 Å². The molecule has 7 heteroatoms. The predicted octanol–water partition coefficient (Wildman–Crippen LogP) is 2.07. The van der Waals surface area contributed by atoms with E-state index in [1.807, 2.05) is 36.4 Å². The lowest BCUT2D eigenvalue weighted by Crippen LogP contribution is -2.49.